The minimum atomic E-state index is 0.423. The summed E-state index contributed by atoms with van der Waals surface area (Å²) in [6.45, 7) is 3.15. The van der Waals surface area contributed by atoms with Crippen LogP contribution < -0.4 is 5.32 Å². The van der Waals surface area contributed by atoms with Crippen LogP contribution in [0.4, 0.5) is 0 Å². The van der Waals surface area contributed by atoms with Gasteiger partial charge in [0.05, 0.1) is 0 Å². The van der Waals surface area contributed by atoms with E-state index in [0.29, 0.717) is 11.8 Å². The van der Waals surface area contributed by atoms with E-state index in [1.165, 1.54) is 38.5 Å². The monoisotopic (exact) mass is 250 g/mol. The van der Waals surface area contributed by atoms with Gasteiger partial charge in [-0.3, -0.25) is 4.79 Å². The van der Waals surface area contributed by atoms with Crippen LogP contribution in [-0.4, -0.2) is 37.5 Å². The zero-order valence-corrected chi connectivity index (χ0v) is 11.5. The maximum Gasteiger partial charge on any atom is 0.225 e. The van der Waals surface area contributed by atoms with Gasteiger partial charge in [0.1, 0.15) is 0 Å². The summed E-state index contributed by atoms with van der Waals surface area (Å²) in [5, 5.41) is 3.22. The van der Waals surface area contributed by atoms with Gasteiger partial charge in [-0.05, 0) is 69.9 Å². The Bertz CT molecular complexity index is 306. The molecular formula is C15H26N2O. The van der Waals surface area contributed by atoms with Gasteiger partial charge in [0.25, 0.3) is 0 Å². The van der Waals surface area contributed by atoms with E-state index >= 15 is 0 Å². The van der Waals surface area contributed by atoms with Crippen LogP contribution in [0.5, 0.6) is 0 Å². The fraction of sp³-hybridized carbons (Fsp3) is 0.933. The van der Waals surface area contributed by atoms with E-state index in [-0.39, 0.29) is 0 Å². The van der Waals surface area contributed by atoms with Crippen molar-refractivity contribution in [1.82, 2.24) is 10.2 Å². The number of rotatable bonds is 5. The number of hydrogen-bond acceptors (Lipinski definition) is 2. The molecule has 0 aromatic rings. The number of nitrogens with one attached hydrogen (secondary N) is 1. The molecule has 18 heavy (non-hydrogen) atoms. The summed E-state index contributed by atoms with van der Waals surface area (Å²) >= 11 is 0. The van der Waals surface area contributed by atoms with Crippen LogP contribution in [0.3, 0.4) is 0 Å². The molecule has 3 rings (SSSR count). The smallest absolute Gasteiger partial charge is 0.225 e. The van der Waals surface area contributed by atoms with Crippen molar-refractivity contribution in [2.75, 3.05) is 26.7 Å². The van der Waals surface area contributed by atoms with E-state index in [9.17, 15) is 4.79 Å². The highest BCUT2D eigenvalue weighted by Crippen LogP contribution is 2.55. The second-order valence-corrected chi connectivity index (χ2v) is 6.50. The standard InChI is InChI=1S/C15H26N2O/c1-16-7-4-11-5-8-17(9-6-11)15(18)14-10-13(14)12-2-3-12/h11-14,16H,2-10H2,1H3. The lowest BCUT2D eigenvalue weighted by Crippen LogP contribution is -2.40. The van der Waals surface area contributed by atoms with Gasteiger partial charge in [-0.25, -0.2) is 0 Å². The van der Waals surface area contributed by atoms with Gasteiger partial charge in [0.15, 0.2) is 0 Å². The number of carbonyl (C=O) groups excluding carboxylic acids is 1. The molecule has 0 aromatic carbocycles. The molecule has 3 heteroatoms. The number of carbonyl (C=O) groups is 1. The van der Waals surface area contributed by atoms with Crippen molar-refractivity contribution in [3.8, 4) is 0 Å². The van der Waals surface area contributed by atoms with E-state index in [2.05, 4.69) is 10.2 Å². The maximum atomic E-state index is 12.3. The summed E-state index contributed by atoms with van der Waals surface area (Å²) in [5.41, 5.74) is 0. The quantitative estimate of drug-likeness (QED) is 0.808. The Kier molecular flexibility index (Phi) is 3.60. The first kappa shape index (κ1) is 12.5. The van der Waals surface area contributed by atoms with E-state index in [1.54, 1.807) is 0 Å². The Hall–Kier alpha value is -0.570. The molecule has 2 atom stereocenters. The number of hydrogen-bond donors (Lipinski definition) is 1. The second-order valence-electron chi connectivity index (χ2n) is 6.50. The Balaban J connectivity index is 1.40. The second kappa shape index (κ2) is 5.20. The average molecular weight is 250 g/mol. The van der Waals surface area contributed by atoms with Gasteiger partial charge in [-0.2, -0.15) is 0 Å². The highest BCUT2D eigenvalue weighted by molar-refractivity contribution is 5.81. The van der Waals surface area contributed by atoms with Gasteiger partial charge in [0.2, 0.25) is 5.91 Å². The zero-order chi connectivity index (χ0) is 12.5. The van der Waals surface area contributed by atoms with Crippen molar-refractivity contribution in [3.63, 3.8) is 0 Å². The molecule has 3 aliphatic rings. The van der Waals surface area contributed by atoms with Crippen LogP contribution in [0.1, 0.15) is 38.5 Å². The van der Waals surface area contributed by atoms with Crippen molar-refractivity contribution in [2.24, 2.45) is 23.7 Å². The Labute approximate surface area is 110 Å². The van der Waals surface area contributed by atoms with Gasteiger partial charge >= 0.3 is 0 Å². The van der Waals surface area contributed by atoms with Crippen LogP contribution >= 0.6 is 0 Å². The third-order valence-electron chi connectivity index (χ3n) is 5.11. The molecule has 1 N–H and O–H groups in total. The minimum Gasteiger partial charge on any atom is -0.342 e. The predicted molar refractivity (Wildman–Crippen MR) is 72.2 cm³/mol. The Morgan fingerprint density at radius 3 is 2.56 bits per heavy atom. The summed E-state index contributed by atoms with van der Waals surface area (Å²) in [5.74, 6) is 3.44. The highest BCUT2D eigenvalue weighted by atomic mass is 16.2. The molecule has 1 amide bonds. The first-order valence-electron chi connectivity index (χ1n) is 7.73. The summed E-state index contributed by atoms with van der Waals surface area (Å²) < 4.78 is 0. The first-order valence-corrected chi connectivity index (χ1v) is 7.73. The van der Waals surface area contributed by atoms with Crippen molar-refractivity contribution in [1.29, 1.82) is 0 Å². The SMILES string of the molecule is CNCCC1CCN(C(=O)C2CC2C2CC2)CC1. The van der Waals surface area contributed by atoms with Gasteiger partial charge < -0.3 is 10.2 Å². The van der Waals surface area contributed by atoms with Gasteiger partial charge in [0, 0.05) is 19.0 Å². The average Bonchev–Trinajstić information content (AvgIpc) is 3.28. The zero-order valence-electron chi connectivity index (χ0n) is 11.5. The van der Waals surface area contributed by atoms with E-state index in [1.807, 2.05) is 7.05 Å². The maximum absolute atomic E-state index is 12.3. The molecule has 1 heterocycles. The molecule has 2 aliphatic carbocycles. The predicted octanol–water partition coefficient (Wildman–Crippen LogP) is 1.88. The number of nitrogens with zero attached hydrogens (tertiary/aromatic N) is 1. The van der Waals surface area contributed by atoms with Crippen molar-refractivity contribution < 1.29 is 4.79 Å². The lowest BCUT2D eigenvalue weighted by atomic mass is 9.93. The van der Waals surface area contributed by atoms with Crippen LogP contribution in [0.15, 0.2) is 0 Å². The summed E-state index contributed by atoms with van der Waals surface area (Å²) in [4.78, 5) is 14.5. The molecular weight excluding hydrogens is 224 g/mol. The van der Waals surface area contributed by atoms with Crippen LogP contribution in [0.25, 0.3) is 0 Å². The summed E-state index contributed by atoms with van der Waals surface area (Å²) in [6.07, 6.45) is 7.68. The third kappa shape index (κ3) is 2.71. The molecule has 0 bridgehead atoms. The van der Waals surface area contributed by atoms with Crippen LogP contribution in [0, 0.1) is 23.7 Å². The normalized spacial score (nSPS) is 32.6. The molecule has 1 saturated heterocycles. The molecule has 3 nitrogen and oxygen atoms in total. The van der Waals surface area contributed by atoms with E-state index < -0.39 is 0 Å². The summed E-state index contributed by atoms with van der Waals surface area (Å²) in [7, 11) is 2.02. The third-order valence-corrected chi connectivity index (χ3v) is 5.11. The van der Waals surface area contributed by atoms with Crippen LogP contribution in [-0.2, 0) is 4.79 Å². The molecule has 3 fully saturated rings. The highest BCUT2D eigenvalue weighted by Gasteiger charge is 2.52. The molecule has 1 aliphatic heterocycles. The van der Waals surface area contributed by atoms with Gasteiger partial charge in [-0.15, -0.1) is 0 Å². The molecule has 0 aromatic heterocycles. The molecule has 0 spiro atoms. The lowest BCUT2D eigenvalue weighted by Gasteiger charge is -2.32. The number of piperidine rings is 1. The van der Waals surface area contributed by atoms with E-state index in [0.717, 1.165) is 37.4 Å². The largest absolute Gasteiger partial charge is 0.342 e. The molecule has 0 radical (unpaired) electrons. The Morgan fingerprint density at radius 2 is 1.94 bits per heavy atom. The molecule has 2 unspecified atom stereocenters. The summed E-state index contributed by atoms with van der Waals surface area (Å²) in [6, 6.07) is 0. The van der Waals surface area contributed by atoms with Crippen molar-refractivity contribution >= 4 is 5.91 Å². The lowest BCUT2D eigenvalue weighted by molar-refractivity contribution is -0.134. The number of likely N-dealkylation sites (tertiary alicyclic amines) is 1. The van der Waals surface area contributed by atoms with Gasteiger partial charge in [-0.1, -0.05) is 0 Å². The van der Waals surface area contributed by atoms with E-state index in [4.69, 9.17) is 0 Å². The van der Waals surface area contributed by atoms with Crippen molar-refractivity contribution in [2.45, 2.75) is 38.5 Å². The molecule has 2 saturated carbocycles. The van der Waals surface area contributed by atoms with Crippen LogP contribution in [0.2, 0.25) is 0 Å². The fourth-order valence-electron chi connectivity index (χ4n) is 3.57. The minimum absolute atomic E-state index is 0.423. The topological polar surface area (TPSA) is 32.3 Å². The Morgan fingerprint density at radius 1 is 1.22 bits per heavy atom. The number of amides is 1. The first-order chi connectivity index (χ1) is 8.79. The fourth-order valence-corrected chi connectivity index (χ4v) is 3.57. The molecule has 102 valence electrons. The van der Waals surface area contributed by atoms with Crippen molar-refractivity contribution in [3.05, 3.63) is 0 Å².